The summed E-state index contributed by atoms with van der Waals surface area (Å²) in [5.41, 5.74) is 3.16. The second-order valence-electron chi connectivity index (χ2n) is 6.09. The van der Waals surface area contributed by atoms with Gasteiger partial charge in [-0.3, -0.25) is 4.79 Å². The summed E-state index contributed by atoms with van der Waals surface area (Å²) in [7, 11) is 0. The van der Waals surface area contributed by atoms with Crippen LogP contribution in [0.1, 0.15) is 35.7 Å². The van der Waals surface area contributed by atoms with Gasteiger partial charge in [0.25, 0.3) is 0 Å². The van der Waals surface area contributed by atoms with Crippen LogP contribution in [0.5, 0.6) is 0 Å². The zero-order chi connectivity index (χ0) is 17.1. The number of aryl methyl sites for hydroxylation is 1. The molecule has 1 aromatic heterocycles. The Hall–Kier alpha value is -3.02. The van der Waals surface area contributed by atoms with Gasteiger partial charge in [-0.25, -0.2) is 0 Å². The monoisotopic (exact) mass is 334 g/mol. The summed E-state index contributed by atoms with van der Waals surface area (Å²) in [6.45, 7) is 0.0550. The zero-order valence-corrected chi connectivity index (χ0v) is 13.7. The van der Waals surface area contributed by atoms with E-state index in [0.29, 0.717) is 5.82 Å². The van der Waals surface area contributed by atoms with E-state index >= 15 is 0 Å². The van der Waals surface area contributed by atoms with E-state index in [1.807, 2.05) is 48.5 Å². The Labute approximate surface area is 145 Å². The molecule has 0 aliphatic heterocycles. The third kappa shape index (κ3) is 3.15. The van der Waals surface area contributed by atoms with Crippen molar-refractivity contribution in [2.75, 3.05) is 0 Å². The lowest BCUT2D eigenvalue weighted by molar-refractivity contribution is -0.147. The van der Waals surface area contributed by atoms with Crippen molar-refractivity contribution in [3.63, 3.8) is 0 Å². The molecule has 1 atom stereocenters. The lowest BCUT2D eigenvalue weighted by Crippen LogP contribution is -2.21. The normalized spacial score (nSPS) is 16.2. The van der Waals surface area contributed by atoms with Crippen molar-refractivity contribution in [1.29, 1.82) is 0 Å². The van der Waals surface area contributed by atoms with E-state index in [-0.39, 0.29) is 18.5 Å². The SMILES string of the molecule is O=C(OCc1nnnn1-c1ccccc1)[C@H]1CCCc2ccccc21. The van der Waals surface area contributed by atoms with Crippen LogP contribution >= 0.6 is 0 Å². The highest BCUT2D eigenvalue weighted by Gasteiger charge is 2.27. The lowest BCUT2D eigenvalue weighted by Gasteiger charge is -2.23. The number of nitrogens with zero attached hydrogens (tertiary/aromatic N) is 4. The van der Waals surface area contributed by atoms with E-state index in [1.54, 1.807) is 4.68 Å². The summed E-state index contributed by atoms with van der Waals surface area (Å²) in [5.74, 6) is 0.0874. The number of hydrogen-bond donors (Lipinski definition) is 0. The van der Waals surface area contributed by atoms with Crippen molar-refractivity contribution in [2.45, 2.75) is 31.8 Å². The molecule has 0 bridgehead atoms. The number of hydrogen-bond acceptors (Lipinski definition) is 5. The van der Waals surface area contributed by atoms with Crippen molar-refractivity contribution >= 4 is 5.97 Å². The van der Waals surface area contributed by atoms with Gasteiger partial charge in [0.15, 0.2) is 12.4 Å². The molecular formula is C19H18N4O2. The smallest absolute Gasteiger partial charge is 0.313 e. The van der Waals surface area contributed by atoms with E-state index in [9.17, 15) is 4.79 Å². The largest absolute Gasteiger partial charge is 0.457 e. The molecule has 3 aromatic rings. The number of fused-ring (bicyclic) bond motifs is 1. The van der Waals surface area contributed by atoms with Crippen LogP contribution in [0, 0.1) is 0 Å². The van der Waals surface area contributed by atoms with Gasteiger partial charge in [0.1, 0.15) is 0 Å². The Bertz CT molecular complexity index is 876. The highest BCUT2D eigenvalue weighted by atomic mass is 16.5. The van der Waals surface area contributed by atoms with E-state index < -0.39 is 0 Å². The maximum absolute atomic E-state index is 12.6. The highest BCUT2D eigenvalue weighted by molar-refractivity contribution is 5.79. The number of para-hydroxylation sites is 1. The highest BCUT2D eigenvalue weighted by Crippen LogP contribution is 2.32. The summed E-state index contributed by atoms with van der Waals surface area (Å²) >= 11 is 0. The molecule has 0 radical (unpaired) electrons. The van der Waals surface area contributed by atoms with E-state index in [1.165, 1.54) is 5.56 Å². The topological polar surface area (TPSA) is 69.9 Å². The fourth-order valence-electron chi connectivity index (χ4n) is 3.30. The predicted octanol–water partition coefficient (Wildman–Crippen LogP) is 2.83. The van der Waals surface area contributed by atoms with Crippen LogP contribution in [0.2, 0.25) is 0 Å². The Morgan fingerprint density at radius 1 is 1.12 bits per heavy atom. The predicted molar refractivity (Wildman–Crippen MR) is 91.1 cm³/mol. The number of aromatic nitrogens is 4. The lowest BCUT2D eigenvalue weighted by atomic mass is 9.83. The van der Waals surface area contributed by atoms with Gasteiger partial charge in [0.2, 0.25) is 0 Å². The first-order valence-corrected chi connectivity index (χ1v) is 8.40. The Morgan fingerprint density at radius 2 is 1.92 bits per heavy atom. The van der Waals surface area contributed by atoms with E-state index in [2.05, 4.69) is 21.6 Å². The minimum Gasteiger partial charge on any atom is -0.457 e. The number of benzene rings is 2. The number of carbonyl (C=O) groups is 1. The molecule has 1 heterocycles. The van der Waals surface area contributed by atoms with Gasteiger partial charge in [-0.05, 0) is 52.9 Å². The molecule has 0 spiro atoms. The third-order valence-electron chi connectivity index (χ3n) is 4.53. The average Bonchev–Trinajstić information content (AvgIpc) is 3.15. The number of rotatable bonds is 4. The summed E-state index contributed by atoms with van der Waals surface area (Å²) in [4.78, 5) is 12.6. The molecule has 126 valence electrons. The van der Waals surface area contributed by atoms with Crippen LogP contribution in [0.25, 0.3) is 5.69 Å². The molecule has 4 rings (SSSR count). The van der Waals surface area contributed by atoms with Crippen molar-refractivity contribution in [3.05, 3.63) is 71.5 Å². The van der Waals surface area contributed by atoms with Crippen LogP contribution in [0.3, 0.4) is 0 Å². The third-order valence-corrected chi connectivity index (χ3v) is 4.53. The van der Waals surface area contributed by atoms with Crippen molar-refractivity contribution in [1.82, 2.24) is 20.2 Å². The van der Waals surface area contributed by atoms with Gasteiger partial charge in [0.05, 0.1) is 11.6 Å². The molecule has 2 aromatic carbocycles. The number of tetrazole rings is 1. The molecule has 0 amide bonds. The Balaban J connectivity index is 1.48. The molecule has 0 saturated heterocycles. The number of esters is 1. The van der Waals surface area contributed by atoms with E-state index in [4.69, 9.17) is 4.74 Å². The van der Waals surface area contributed by atoms with Crippen LogP contribution in [0.15, 0.2) is 54.6 Å². The van der Waals surface area contributed by atoms with Crippen molar-refractivity contribution in [2.24, 2.45) is 0 Å². The average molecular weight is 334 g/mol. The summed E-state index contributed by atoms with van der Waals surface area (Å²) in [6.07, 6.45) is 2.84. The number of carbonyl (C=O) groups excluding carboxylic acids is 1. The van der Waals surface area contributed by atoms with Crippen LogP contribution < -0.4 is 0 Å². The summed E-state index contributed by atoms with van der Waals surface area (Å²) in [6, 6.07) is 17.6. The molecule has 0 fully saturated rings. The van der Waals surface area contributed by atoms with Gasteiger partial charge >= 0.3 is 5.97 Å². The van der Waals surface area contributed by atoms with Crippen molar-refractivity contribution < 1.29 is 9.53 Å². The number of ether oxygens (including phenoxy) is 1. The molecule has 25 heavy (non-hydrogen) atoms. The quantitative estimate of drug-likeness (QED) is 0.686. The van der Waals surface area contributed by atoms with Gasteiger partial charge < -0.3 is 4.74 Å². The molecular weight excluding hydrogens is 316 g/mol. The van der Waals surface area contributed by atoms with Gasteiger partial charge in [-0.15, -0.1) is 5.10 Å². The Kier molecular flexibility index (Phi) is 4.24. The minimum absolute atomic E-state index is 0.0550. The molecule has 0 unspecified atom stereocenters. The molecule has 0 N–H and O–H groups in total. The maximum Gasteiger partial charge on any atom is 0.313 e. The maximum atomic E-state index is 12.6. The summed E-state index contributed by atoms with van der Waals surface area (Å²) < 4.78 is 7.13. The van der Waals surface area contributed by atoms with Crippen molar-refractivity contribution in [3.8, 4) is 5.69 Å². The van der Waals surface area contributed by atoms with E-state index in [0.717, 1.165) is 30.5 Å². The first-order chi connectivity index (χ1) is 12.3. The Morgan fingerprint density at radius 3 is 2.80 bits per heavy atom. The molecule has 6 nitrogen and oxygen atoms in total. The summed E-state index contributed by atoms with van der Waals surface area (Å²) in [5, 5.41) is 11.7. The van der Waals surface area contributed by atoms with Gasteiger partial charge in [-0.2, -0.15) is 4.68 Å². The minimum atomic E-state index is -0.213. The standard InChI is InChI=1S/C19H18N4O2/c24-19(17-12-6-8-14-7-4-5-11-16(14)17)25-13-18-20-21-22-23(18)15-9-2-1-3-10-15/h1-5,7,9-11,17H,6,8,12-13H2/t17-/m0/s1. The first kappa shape index (κ1) is 15.5. The van der Waals surface area contributed by atoms with Gasteiger partial charge in [0, 0.05) is 0 Å². The molecule has 6 heteroatoms. The molecule has 1 aliphatic rings. The van der Waals surface area contributed by atoms with Crippen LogP contribution in [-0.4, -0.2) is 26.2 Å². The van der Waals surface area contributed by atoms with Crippen LogP contribution in [0.4, 0.5) is 0 Å². The van der Waals surface area contributed by atoms with Gasteiger partial charge in [-0.1, -0.05) is 42.5 Å². The second-order valence-corrected chi connectivity index (χ2v) is 6.09. The molecule has 1 aliphatic carbocycles. The second kappa shape index (κ2) is 6.84. The zero-order valence-electron chi connectivity index (χ0n) is 13.7. The fourth-order valence-corrected chi connectivity index (χ4v) is 3.30. The fraction of sp³-hybridized carbons (Fsp3) is 0.263. The van der Waals surface area contributed by atoms with Crippen LogP contribution in [-0.2, 0) is 22.6 Å². The molecule has 0 saturated carbocycles. The first-order valence-electron chi connectivity index (χ1n) is 8.40.